The molecular weight excluding hydrogens is 1180 g/mol. The molecule has 94 heavy (non-hydrogen) atoms. The van der Waals surface area contributed by atoms with Crippen LogP contribution in [-0.4, -0.2) is 82.5 Å². The number of unbranched alkanes of at least 4 members (excludes halogenated alkanes) is 8. The lowest BCUT2D eigenvalue weighted by atomic mass is 9.59. The Hall–Kier alpha value is -5.88. The molecule has 1 fully saturated rings. The number of rotatable bonds is 51. The normalized spacial score (nSPS) is 16.6. The van der Waals surface area contributed by atoms with Gasteiger partial charge in [-0.1, -0.05) is 123 Å². The molecular formula is C82H126O12. The highest BCUT2D eigenvalue weighted by atomic mass is 16.6. The van der Waals surface area contributed by atoms with Gasteiger partial charge in [-0.05, 0) is 231 Å². The zero-order chi connectivity index (χ0) is 69.1. The number of ketones is 2. The molecule has 5 atom stereocenters. The van der Waals surface area contributed by atoms with Gasteiger partial charge in [-0.2, -0.15) is 0 Å². The SMILES string of the molecule is C=CCCCC(CCC1(CCC(c2ccc(OC)cc2)(c2ccc(OC)cc2)c2ccc(OC)cc2)CCC(C(=O)CCCCCCC(=O)CCCCCOC(=O)CCCCCC(OC(COC(=C)C)C(C)OC(=C)C)C(CC(C)C)OC(C)=O)CC1)C(C(C)C)C(C)C. The van der Waals surface area contributed by atoms with Gasteiger partial charge < -0.3 is 37.9 Å². The summed E-state index contributed by atoms with van der Waals surface area (Å²) >= 11 is 0. The summed E-state index contributed by atoms with van der Waals surface area (Å²) in [6, 6.07) is 26.0. The van der Waals surface area contributed by atoms with E-state index in [2.05, 4.69) is 140 Å². The molecule has 3 aromatic rings. The van der Waals surface area contributed by atoms with Gasteiger partial charge in [0.2, 0.25) is 0 Å². The third kappa shape index (κ3) is 28.1. The maximum atomic E-state index is 14.2. The maximum absolute atomic E-state index is 14.2. The van der Waals surface area contributed by atoms with Crippen LogP contribution >= 0.6 is 0 Å². The van der Waals surface area contributed by atoms with E-state index in [1.54, 1.807) is 35.2 Å². The fourth-order valence-corrected chi connectivity index (χ4v) is 15.0. The van der Waals surface area contributed by atoms with Crippen molar-refractivity contribution in [3.8, 4) is 17.2 Å². The molecule has 0 saturated heterocycles. The Labute approximate surface area is 569 Å². The van der Waals surface area contributed by atoms with E-state index < -0.39 is 23.7 Å². The molecule has 0 radical (unpaired) electrons. The van der Waals surface area contributed by atoms with Crippen LogP contribution < -0.4 is 14.2 Å². The third-order valence-corrected chi connectivity index (χ3v) is 19.9. The zero-order valence-corrected chi connectivity index (χ0v) is 60.8. The van der Waals surface area contributed by atoms with Crippen LogP contribution in [0.5, 0.6) is 17.2 Å². The minimum Gasteiger partial charge on any atom is -0.497 e. The van der Waals surface area contributed by atoms with Crippen molar-refractivity contribution in [1.29, 1.82) is 0 Å². The Morgan fingerprint density at radius 2 is 1.07 bits per heavy atom. The van der Waals surface area contributed by atoms with E-state index in [1.807, 2.05) is 6.92 Å². The van der Waals surface area contributed by atoms with Crippen molar-refractivity contribution in [2.75, 3.05) is 34.5 Å². The van der Waals surface area contributed by atoms with Crippen molar-refractivity contribution in [3.05, 3.63) is 127 Å². The average Bonchev–Trinajstić information content (AvgIpc) is 0.750. The number of hydrogen-bond donors (Lipinski definition) is 0. The van der Waals surface area contributed by atoms with Crippen LogP contribution in [0.3, 0.4) is 0 Å². The number of ether oxygens (including phenoxy) is 8. The molecule has 0 aromatic heterocycles. The molecule has 12 nitrogen and oxygen atoms in total. The first-order chi connectivity index (χ1) is 45.0. The number of carbonyl (C=O) groups is 4. The Kier molecular flexibility index (Phi) is 37.1. The van der Waals surface area contributed by atoms with E-state index in [0.717, 1.165) is 133 Å². The van der Waals surface area contributed by atoms with Gasteiger partial charge in [-0.15, -0.1) is 6.58 Å². The van der Waals surface area contributed by atoms with Gasteiger partial charge in [0.1, 0.15) is 53.7 Å². The molecule has 0 heterocycles. The zero-order valence-electron chi connectivity index (χ0n) is 60.8. The minimum atomic E-state index is -0.494. The number of hydrogen-bond acceptors (Lipinski definition) is 12. The van der Waals surface area contributed by atoms with Gasteiger partial charge in [0.25, 0.3) is 0 Å². The lowest BCUT2D eigenvalue weighted by Crippen LogP contribution is -2.42. The summed E-state index contributed by atoms with van der Waals surface area (Å²) in [6.07, 6.45) is 23.4. The summed E-state index contributed by atoms with van der Waals surface area (Å²) in [6.45, 7) is 33.2. The molecule has 0 aliphatic heterocycles. The van der Waals surface area contributed by atoms with E-state index in [-0.39, 0.29) is 47.7 Å². The Balaban J connectivity index is 1.28. The first-order valence-corrected chi connectivity index (χ1v) is 36.2. The van der Waals surface area contributed by atoms with Crippen molar-refractivity contribution >= 4 is 23.5 Å². The highest BCUT2D eigenvalue weighted by molar-refractivity contribution is 5.81. The predicted molar refractivity (Wildman–Crippen MR) is 382 cm³/mol. The van der Waals surface area contributed by atoms with Gasteiger partial charge in [-0.3, -0.25) is 19.2 Å². The molecule has 1 aliphatic rings. The van der Waals surface area contributed by atoms with Crippen molar-refractivity contribution in [2.45, 2.75) is 272 Å². The summed E-state index contributed by atoms with van der Waals surface area (Å²) < 4.78 is 46.9. The molecule has 4 rings (SSSR count). The number of allylic oxidation sites excluding steroid dienone is 3. The van der Waals surface area contributed by atoms with Crippen LogP contribution in [0, 0.1) is 40.9 Å². The number of methoxy groups -OCH3 is 3. The predicted octanol–water partition coefficient (Wildman–Crippen LogP) is 20.4. The van der Waals surface area contributed by atoms with Crippen molar-refractivity contribution in [2.24, 2.45) is 40.9 Å². The highest BCUT2D eigenvalue weighted by Gasteiger charge is 2.44. The number of carbonyl (C=O) groups excluding carboxylic acids is 4. The van der Waals surface area contributed by atoms with Gasteiger partial charge >= 0.3 is 11.9 Å². The maximum Gasteiger partial charge on any atom is 0.305 e. The largest absolute Gasteiger partial charge is 0.497 e. The van der Waals surface area contributed by atoms with Crippen LogP contribution in [0.15, 0.2) is 110 Å². The van der Waals surface area contributed by atoms with E-state index in [4.69, 9.17) is 37.9 Å². The second-order valence-corrected chi connectivity index (χ2v) is 28.5. The summed E-state index contributed by atoms with van der Waals surface area (Å²) in [4.78, 5) is 52.0. The molecule has 0 spiro atoms. The van der Waals surface area contributed by atoms with Crippen LogP contribution in [-0.2, 0) is 48.3 Å². The fraction of sp³-hybridized carbons (Fsp3) is 0.659. The standard InChI is InChI=1S/C82H126O12/c1-17-18-23-30-67(80(60(4)5)61(6)7)50-53-81(54-55-82(68-36-42-72(87-14)43-37-68,69-38-44-73(88-15)45-39-69)70-40-46-74(89-16)47-41-70)51-48-66(49-52-81)75(85)33-26-20-19-24-31-71(84)32-25-22-29-56-90-79(86)35-28-21-27-34-76(77(57-59(2)3)93-65(13)83)94-78(58-91-62(8)9)64(12)92-63(10)11/h17,36-47,59-61,64,66-67,76-78,80H,1,8,10,18-35,48-58H2,2-7,9,11-16H3. The summed E-state index contributed by atoms with van der Waals surface area (Å²) in [5.74, 6) is 6.50. The monoisotopic (exact) mass is 1300 g/mol. The lowest BCUT2D eigenvalue weighted by molar-refractivity contribution is -0.171. The van der Waals surface area contributed by atoms with Crippen molar-refractivity contribution in [3.63, 3.8) is 0 Å². The number of esters is 2. The highest BCUT2D eigenvalue weighted by Crippen LogP contribution is 2.53. The van der Waals surface area contributed by atoms with E-state index in [0.29, 0.717) is 92.5 Å². The molecule has 1 saturated carbocycles. The first kappa shape index (κ1) is 80.6. The Bertz CT molecular complexity index is 2540. The molecule has 526 valence electrons. The molecule has 0 amide bonds. The van der Waals surface area contributed by atoms with Crippen LogP contribution in [0.2, 0.25) is 0 Å². The lowest BCUT2D eigenvalue weighted by Gasteiger charge is -2.45. The van der Waals surface area contributed by atoms with Crippen molar-refractivity contribution in [1.82, 2.24) is 0 Å². The number of benzene rings is 3. The van der Waals surface area contributed by atoms with Crippen molar-refractivity contribution < 1.29 is 57.1 Å². The first-order valence-electron chi connectivity index (χ1n) is 36.2. The van der Waals surface area contributed by atoms with E-state index >= 15 is 0 Å². The minimum absolute atomic E-state index is 0.0639. The molecule has 5 unspecified atom stereocenters. The van der Waals surface area contributed by atoms with Crippen LogP contribution in [0.4, 0.5) is 0 Å². The topological polar surface area (TPSA) is 142 Å². The molecule has 0 bridgehead atoms. The molecule has 1 aliphatic carbocycles. The van der Waals surface area contributed by atoms with Gasteiger partial charge in [-0.25, -0.2) is 0 Å². The summed E-state index contributed by atoms with van der Waals surface area (Å²) in [5, 5.41) is 0. The summed E-state index contributed by atoms with van der Waals surface area (Å²) in [7, 11) is 5.16. The smallest absolute Gasteiger partial charge is 0.305 e. The third-order valence-electron chi connectivity index (χ3n) is 19.9. The van der Waals surface area contributed by atoms with E-state index in [9.17, 15) is 19.2 Å². The second kappa shape index (κ2) is 43.3. The van der Waals surface area contributed by atoms with Crippen LogP contribution in [0.1, 0.15) is 259 Å². The molecule has 12 heteroatoms. The number of Topliss-reactive ketones (excluding diaryl/α,β-unsaturated/α-hetero) is 2. The summed E-state index contributed by atoms with van der Waals surface area (Å²) in [5.41, 5.74) is 3.21. The van der Waals surface area contributed by atoms with E-state index in [1.165, 1.54) is 36.5 Å². The quantitative estimate of drug-likeness (QED) is 0.0175. The van der Waals surface area contributed by atoms with Crippen LogP contribution in [0.25, 0.3) is 0 Å². The molecule has 3 aromatic carbocycles. The van der Waals surface area contributed by atoms with Gasteiger partial charge in [0.05, 0.1) is 45.6 Å². The fourth-order valence-electron chi connectivity index (χ4n) is 15.0. The van der Waals surface area contributed by atoms with Gasteiger partial charge in [0.15, 0.2) is 0 Å². The average molecular weight is 1300 g/mol. The second-order valence-electron chi connectivity index (χ2n) is 28.5. The Morgan fingerprint density at radius 1 is 0.564 bits per heavy atom. The molecule has 0 N–H and O–H groups in total. The van der Waals surface area contributed by atoms with Gasteiger partial charge in [0, 0.05) is 43.9 Å². The Morgan fingerprint density at radius 3 is 1.55 bits per heavy atom.